The van der Waals surface area contributed by atoms with Crippen LogP contribution >= 0.6 is 11.6 Å². The summed E-state index contributed by atoms with van der Waals surface area (Å²) < 4.78 is 13.8. The van der Waals surface area contributed by atoms with Crippen molar-refractivity contribution in [2.45, 2.75) is 25.3 Å². The molecule has 2 heterocycles. The van der Waals surface area contributed by atoms with Crippen LogP contribution in [0.5, 0.6) is 0 Å². The fraction of sp³-hybridized carbons (Fsp3) is 0.500. The molecule has 0 radical (unpaired) electrons. The van der Waals surface area contributed by atoms with Crippen LogP contribution in [0.15, 0.2) is 18.2 Å². The van der Waals surface area contributed by atoms with Gasteiger partial charge in [0.2, 0.25) is 0 Å². The minimum absolute atomic E-state index is 0.0126. The Kier molecular flexibility index (Phi) is 4.29. The number of rotatable bonds is 2. The lowest BCUT2D eigenvalue weighted by molar-refractivity contribution is -0.139. The van der Waals surface area contributed by atoms with Crippen LogP contribution in [-0.4, -0.2) is 47.6 Å². The second-order valence-corrected chi connectivity index (χ2v) is 6.83. The van der Waals surface area contributed by atoms with Gasteiger partial charge in [-0.1, -0.05) is 11.6 Å². The van der Waals surface area contributed by atoms with Crippen LogP contribution in [0.4, 0.5) is 4.39 Å². The van der Waals surface area contributed by atoms with E-state index in [-0.39, 0.29) is 16.9 Å². The molecule has 2 saturated heterocycles. The number of nitrogens with one attached hydrogen (secondary N) is 1. The summed E-state index contributed by atoms with van der Waals surface area (Å²) in [5.41, 5.74) is -0.0893. The van der Waals surface area contributed by atoms with Crippen molar-refractivity contribution in [3.05, 3.63) is 34.6 Å². The van der Waals surface area contributed by atoms with Gasteiger partial charge in [0.05, 0.1) is 5.56 Å². The molecule has 2 aliphatic heterocycles. The molecule has 23 heavy (non-hydrogen) atoms. The molecule has 1 amide bonds. The Bertz CT molecular complexity index is 644. The molecule has 0 bridgehead atoms. The molecule has 1 spiro atoms. The lowest BCUT2D eigenvalue weighted by Gasteiger charge is -2.39. The average molecular weight is 341 g/mol. The molecule has 124 valence electrons. The molecule has 0 aliphatic carbocycles. The summed E-state index contributed by atoms with van der Waals surface area (Å²) in [6.45, 7) is 1.65. The van der Waals surface area contributed by atoms with Gasteiger partial charge in [0.1, 0.15) is 11.9 Å². The number of hydrogen-bond donors (Lipinski definition) is 2. The Morgan fingerprint density at radius 1 is 1.35 bits per heavy atom. The number of hydrogen-bond acceptors (Lipinski definition) is 3. The molecule has 0 aromatic heterocycles. The van der Waals surface area contributed by atoms with Crippen molar-refractivity contribution >= 4 is 23.5 Å². The summed E-state index contributed by atoms with van der Waals surface area (Å²) in [7, 11) is 0. The standard InChI is InChI=1S/C16H18ClFN2O3/c17-10-1-2-12(18)11(7-10)14(21)20-5-3-16(4-6-20)8-13(15(22)23)19-9-16/h1-2,7,13,19H,3-6,8-9H2,(H,22,23)/t13-/m0/s1. The van der Waals surface area contributed by atoms with Gasteiger partial charge in [-0.15, -0.1) is 0 Å². The van der Waals surface area contributed by atoms with Crippen LogP contribution in [-0.2, 0) is 4.79 Å². The third kappa shape index (κ3) is 3.19. The first kappa shape index (κ1) is 16.2. The molecule has 1 aromatic carbocycles. The molecular weight excluding hydrogens is 323 g/mol. The molecule has 0 unspecified atom stereocenters. The fourth-order valence-electron chi connectivity index (χ4n) is 3.49. The number of halogens is 2. The van der Waals surface area contributed by atoms with Crippen molar-refractivity contribution in [1.82, 2.24) is 10.2 Å². The summed E-state index contributed by atoms with van der Waals surface area (Å²) in [5.74, 6) is -1.77. The molecule has 0 saturated carbocycles. The number of carbonyl (C=O) groups excluding carboxylic acids is 1. The topological polar surface area (TPSA) is 69.6 Å². The molecule has 3 rings (SSSR count). The van der Waals surface area contributed by atoms with E-state index < -0.39 is 17.8 Å². The number of likely N-dealkylation sites (tertiary alicyclic amines) is 1. The molecule has 7 heteroatoms. The molecule has 5 nitrogen and oxygen atoms in total. The molecule has 1 aromatic rings. The third-order valence-electron chi connectivity index (χ3n) is 4.93. The van der Waals surface area contributed by atoms with Gasteiger partial charge in [-0.05, 0) is 42.9 Å². The van der Waals surface area contributed by atoms with Crippen LogP contribution in [0.1, 0.15) is 29.6 Å². The number of carbonyl (C=O) groups is 2. The van der Waals surface area contributed by atoms with E-state index in [2.05, 4.69) is 5.32 Å². The summed E-state index contributed by atoms with van der Waals surface area (Å²) in [4.78, 5) is 25.2. The van der Waals surface area contributed by atoms with Gasteiger partial charge in [-0.3, -0.25) is 9.59 Å². The van der Waals surface area contributed by atoms with E-state index in [0.717, 1.165) is 12.8 Å². The average Bonchev–Trinajstić information content (AvgIpc) is 2.94. The maximum atomic E-state index is 13.8. The molecule has 1 atom stereocenters. The Balaban J connectivity index is 1.66. The molecule has 2 aliphatic rings. The van der Waals surface area contributed by atoms with Gasteiger partial charge in [0, 0.05) is 24.7 Å². The Labute approximate surface area is 138 Å². The summed E-state index contributed by atoms with van der Waals surface area (Å²) >= 11 is 5.84. The van der Waals surface area contributed by atoms with Crippen molar-refractivity contribution in [3.8, 4) is 0 Å². The Morgan fingerprint density at radius 2 is 2.04 bits per heavy atom. The first-order valence-corrected chi connectivity index (χ1v) is 7.99. The highest BCUT2D eigenvalue weighted by molar-refractivity contribution is 6.31. The Hall–Kier alpha value is -1.66. The van der Waals surface area contributed by atoms with Crippen molar-refractivity contribution in [1.29, 1.82) is 0 Å². The number of piperidine rings is 1. The zero-order valence-electron chi connectivity index (χ0n) is 12.5. The fourth-order valence-corrected chi connectivity index (χ4v) is 3.66. The normalized spacial score (nSPS) is 23.2. The SMILES string of the molecule is O=C(O)[C@@H]1CC2(CCN(C(=O)c3cc(Cl)ccc3F)CC2)CN1. The van der Waals surface area contributed by atoms with Gasteiger partial charge in [0.15, 0.2) is 0 Å². The van der Waals surface area contributed by atoms with Gasteiger partial charge in [-0.2, -0.15) is 0 Å². The number of nitrogens with zero attached hydrogens (tertiary/aromatic N) is 1. The number of benzene rings is 1. The maximum absolute atomic E-state index is 13.8. The van der Waals surface area contributed by atoms with E-state index in [1.165, 1.54) is 18.2 Å². The number of amides is 1. The van der Waals surface area contributed by atoms with Crippen LogP contribution in [0.2, 0.25) is 5.02 Å². The summed E-state index contributed by atoms with van der Waals surface area (Å²) in [6.07, 6.45) is 2.02. The van der Waals surface area contributed by atoms with E-state index in [9.17, 15) is 14.0 Å². The highest BCUT2D eigenvalue weighted by Gasteiger charge is 2.44. The molecule has 2 fully saturated rings. The van der Waals surface area contributed by atoms with Crippen molar-refractivity contribution in [2.24, 2.45) is 5.41 Å². The lowest BCUT2D eigenvalue weighted by Crippen LogP contribution is -2.44. The van der Waals surface area contributed by atoms with Crippen molar-refractivity contribution in [2.75, 3.05) is 19.6 Å². The van der Waals surface area contributed by atoms with Crippen LogP contribution in [0.25, 0.3) is 0 Å². The zero-order valence-corrected chi connectivity index (χ0v) is 13.3. The Morgan fingerprint density at radius 3 is 2.65 bits per heavy atom. The molecular formula is C16H18ClFN2O3. The highest BCUT2D eigenvalue weighted by atomic mass is 35.5. The van der Waals surface area contributed by atoms with E-state index in [1.54, 1.807) is 4.90 Å². The van der Waals surface area contributed by atoms with Gasteiger partial charge < -0.3 is 15.3 Å². The predicted molar refractivity (Wildman–Crippen MR) is 83.0 cm³/mol. The lowest BCUT2D eigenvalue weighted by atomic mass is 9.76. The second kappa shape index (κ2) is 6.09. The minimum atomic E-state index is -0.832. The number of aliphatic carboxylic acids is 1. The van der Waals surface area contributed by atoms with Gasteiger partial charge >= 0.3 is 5.97 Å². The van der Waals surface area contributed by atoms with Crippen molar-refractivity contribution in [3.63, 3.8) is 0 Å². The summed E-state index contributed by atoms with van der Waals surface area (Å²) in [5, 5.41) is 12.4. The van der Waals surface area contributed by atoms with Crippen LogP contribution in [0, 0.1) is 11.2 Å². The largest absolute Gasteiger partial charge is 0.480 e. The highest BCUT2D eigenvalue weighted by Crippen LogP contribution is 2.39. The van der Waals surface area contributed by atoms with Gasteiger partial charge in [0.25, 0.3) is 5.91 Å². The zero-order chi connectivity index (χ0) is 16.6. The van der Waals surface area contributed by atoms with Crippen molar-refractivity contribution < 1.29 is 19.1 Å². The van der Waals surface area contributed by atoms with Crippen LogP contribution in [0.3, 0.4) is 0 Å². The monoisotopic (exact) mass is 340 g/mol. The third-order valence-corrected chi connectivity index (χ3v) is 5.16. The van der Waals surface area contributed by atoms with E-state index in [4.69, 9.17) is 16.7 Å². The van der Waals surface area contributed by atoms with Crippen LogP contribution < -0.4 is 5.32 Å². The molecule has 2 N–H and O–H groups in total. The van der Waals surface area contributed by atoms with E-state index in [0.29, 0.717) is 31.1 Å². The summed E-state index contributed by atoms with van der Waals surface area (Å²) in [6, 6.07) is 3.44. The second-order valence-electron chi connectivity index (χ2n) is 6.39. The smallest absolute Gasteiger partial charge is 0.320 e. The first-order chi connectivity index (χ1) is 10.9. The number of carboxylic acids is 1. The number of carboxylic acid groups (broad SMARTS) is 1. The van der Waals surface area contributed by atoms with E-state index in [1.807, 2.05) is 0 Å². The van der Waals surface area contributed by atoms with E-state index >= 15 is 0 Å². The quantitative estimate of drug-likeness (QED) is 0.865. The maximum Gasteiger partial charge on any atom is 0.320 e. The first-order valence-electron chi connectivity index (χ1n) is 7.61. The predicted octanol–water partition coefficient (Wildman–Crippen LogP) is 2.15. The minimum Gasteiger partial charge on any atom is -0.480 e. The van der Waals surface area contributed by atoms with Gasteiger partial charge in [-0.25, -0.2) is 4.39 Å².